The number of benzene rings is 3. The predicted octanol–water partition coefficient (Wildman–Crippen LogP) is 5.30. The predicted molar refractivity (Wildman–Crippen MR) is 120 cm³/mol. The van der Waals surface area contributed by atoms with Crippen LogP contribution in [-0.2, 0) is 16.2 Å². The molecule has 0 saturated carbocycles. The molecule has 6 heteroatoms. The smallest absolute Gasteiger partial charge is 0.271 e. The topological polar surface area (TPSA) is 58.6 Å². The summed E-state index contributed by atoms with van der Waals surface area (Å²) in [4.78, 5) is 32.7. The number of halogens is 1. The minimum atomic E-state index is -0.944. The summed E-state index contributed by atoms with van der Waals surface area (Å²) >= 11 is 0. The second-order valence-electron chi connectivity index (χ2n) is 8.38. The number of Topliss-reactive ketones (excluding diaryl/α,β-unsaturated/α-hetero) is 1. The largest absolute Gasteiger partial charge is 0.371 e. The summed E-state index contributed by atoms with van der Waals surface area (Å²) < 4.78 is 13.3. The van der Waals surface area contributed by atoms with Crippen LogP contribution in [0.2, 0.25) is 0 Å². The molecule has 5 nitrogen and oxygen atoms in total. The Morgan fingerprint density at radius 1 is 1.00 bits per heavy atom. The van der Waals surface area contributed by atoms with Crippen molar-refractivity contribution in [1.82, 2.24) is 5.06 Å². The Bertz CT molecular complexity index is 1110. The van der Waals surface area contributed by atoms with Gasteiger partial charge in [-0.05, 0) is 49.7 Å². The van der Waals surface area contributed by atoms with Crippen molar-refractivity contribution in [2.75, 3.05) is 5.32 Å². The maximum atomic E-state index is 13.5. The molecule has 0 radical (unpaired) electrons. The van der Waals surface area contributed by atoms with E-state index in [0.717, 1.165) is 16.8 Å². The van der Waals surface area contributed by atoms with Gasteiger partial charge in [-0.2, -0.15) is 0 Å². The number of rotatable bonds is 6. The summed E-state index contributed by atoms with van der Waals surface area (Å²) in [6.45, 7) is 3.76. The van der Waals surface area contributed by atoms with Crippen molar-refractivity contribution in [2.24, 2.45) is 0 Å². The van der Waals surface area contributed by atoms with Crippen LogP contribution in [0.4, 0.5) is 10.1 Å². The van der Waals surface area contributed by atoms with Crippen LogP contribution in [0.1, 0.15) is 47.8 Å². The van der Waals surface area contributed by atoms with Gasteiger partial charge in [0, 0.05) is 23.2 Å². The standard InChI is InChI=1S/C26H25FN2O3/c1-26(2)25(31)29(32-17-18-8-4-3-5-9-18)23(21-10-6-7-11-22(21)28-26)16-24(30)19-12-14-20(27)15-13-19/h3-15,23,28H,16-17H2,1-2H3. The SMILES string of the molecule is CC1(C)Nc2ccccc2C(CC(=O)c2ccc(F)cc2)N(OCc2ccccc2)C1=O. The van der Waals surface area contributed by atoms with E-state index in [9.17, 15) is 14.0 Å². The van der Waals surface area contributed by atoms with E-state index >= 15 is 0 Å². The highest BCUT2D eigenvalue weighted by Crippen LogP contribution is 2.38. The van der Waals surface area contributed by atoms with E-state index in [2.05, 4.69) is 5.32 Å². The average molecular weight is 432 g/mol. The molecule has 0 fully saturated rings. The first-order valence-electron chi connectivity index (χ1n) is 10.5. The lowest BCUT2D eigenvalue weighted by Gasteiger charge is -2.33. The number of amides is 1. The normalized spacial score (nSPS) is 17.3. The first kappa shape index (κ1) is 21.7. The number of para-hydroxylation sites is 1. The lowest BCUT2D eigenvalue weighted by Crippen LogP contribution is -2.49. The molecule has 3 aromatic carbocycles. The van der Waals surface area contributed by atoms with E-state index in [1.807, 2.05) is 54.6 Å². The van der Waals surface area contributed by atoms with E-state index < -0.39 is 17.4 Å². The van der Waals surface area contributed by atoms with Crippen LogP contribution in [-0.4, -0.2) is 22.3 Å². The summed E-state index contributed by atoms with van der Waals surface area (Å²) in [6.07, 6.45) is 0.000928. The molecule has 164 valence electrons. The van der Waals surface area contributed by atoms with Crippen LogP contribution >= 0.6 is 0 Å². The van der Waals surface area contributed by atoms with E-state index in [-0.39, 0.29) is 24.7 Å². The molecule has 0 saturated heterocycles. The number of carbonyl (C=O) groups excluding carboxylic acids is 2. The molecule has 1 N–H and O–H groups in total. The summed E-state index contributed by atoms with van der Waals surface area (Å²) in [6, 6.07) is 21.9. The van der Waals surface area contributed by atoms with Crippen LogP contribution in [0.25, 0.3) is 0 Å². The molecular weight excluding hydrogens is 407 g/mol. The zero-order valence-electron chi connectivity index (χ0n) is 18.0. The molecule has 0 bridgehead atoms. The Balaban J connectivity index is 1.71. The van der Waals surface area contributed by atoms with Gasteiger partial charge >= 0.3 is 0 Å². The number of fused-ring (bicyclic) bond motifs is 1. The molecule has 1 amide bonds. The Morgan fingerprint density at radius 2 is 1.66 bits per heavy atom. The molecule has 1 heterocycles. The van der Waals surface area contributed by atoms with Crippen molar-refractivity contribution >= 4 is 17.4 Å². The van der Waals surface area contributed by atoms with Gasteiger partial charge in [0.15, 0.2) is 5.78 Å². The van der Waals surface area contributed by atoms with Crippen LogP contribution < -0.4 is 5.32 Å². The fraction of sp³-hybridized carbons (Fsp3) is 0.231. The van der Waals surface area contributed by atoms with E-state index in [1.165, 1.54) is 29.3 Å². The van der Waals surface area contributed by atoms with Gasteiger partial charge < -0.3 is 5.32 Å². The lowest BCUT2D eigenvalue weighted by molar-refractivity contribution is -0.209. The summed E-state index contributed by atoms with van der Waals surface area (Å²) in [5, 5.41) is 4.62. The first-order chi connectivity index (χ1) is 15.3. The zero-order chi connectivity index (χ0) is 22.7. The molecule has 0 aliphatic carbocycles. The molecule has 32 heavy (non-hydrogen) atoms. The molecule has 1 aliphatic heterocycles. The van der Waals surface area contributed by atoms with Crippen LogP contribution in [0.5, 0.6) is 0 Å². The average Bonchev–Trinajstić information content (AvgIpc) is 2.86. The number of carbonyl (C=O) groups is 2. The maximum absolute atomic E-state index is 13.5. The highest BCUT2D eigenvalue weighted by molar-refractivity contribution is 5.97. The number of ketones is 1. The Morgan fingerprint density at radius 3 is 2.38 bits per heavy atom. The Kier molecular flexibility index (Phi) is 6.06. The maximum Gasteiger partial charge on any atom is 0.271 e. The summed E-state index contributed by atoms with van der Waals surface area (Å²) in [5.41, 5.74) is 1.91. The van der Waals surface area contributed by atoms with Crippen molar-refractivity contribution in [3.63, 3.8) is 0 Å². The van der Waals surface area contributed by atoms with Crippen molar-refractivity contribution in [3.8, 4) is 0 Å². The van der Waals surface area contributed by atoms with Crippen LogP contribution in [0.15, 0.2) is 78.9 Å². The third-order valence-electron chi connectivity index (χ3n) is 5.54. The van der Waals surface area contributed by atoms with Crippen molar-refractivity contribution in [2.45, 2.75) is 38.5 Å². The summed E-state index contributed by atoms with van der Waals surface area (Å²) in [7, 11) is 0. The third-order valence-corrected chi connectivity index (χ3v) is 5.54. The van der Waals surface area contributed by atoms with E-state index in [4.69, 9.17) is 4.84 Å². The van der Waals surface area contributed by atoms with Crippen LogP contribution in [0, 0.1) is 5.82 Å². The van der Waals surface area contributed by atoms with E-state index in [0.29, 0.717) is 5.56 Å². The fourth-order valence-corrected chi connectivity index (χ4v) is 3.82. The van der Waals surface area contributed by atoms with Crippen LogP contribution in [0.3, 0.4) is 0 Å². The van der Waals surface area contributed by atoms with Crippen molar-refractivity contribution in [3.05, 3.63) is 101 Å². The zero-order valence-corrected chi connectivity index (χ0v) is 18.0. The van der Waals surface area contributed by atoms with Gasteiger partial charge in [-0.25, -0.2) is 9.45 Å². The molecule has 1 atom stereocenters. The highest BCUT2D eigenvalue weighted by Gasteiger charge is 2.42. The van der Waals surface area contributed by atoms with Gasteiger partial charge in [-0.1, -0.05) is 48.5 Å². The molecule has 3 aromatic rings. The number of nitrogens with one attached hydrogen (secondary N) is 1. The molecule has 0 aromatic heterocycles. The Hall–Kier alpha value is -3.51. The number of hydroxylamine groups is 2. The molecule has 4 rings (SSSR count). The van der Waals surface area contributed by atoms with E-state index in [1.54, 1.807) is 13.8 Å². The van der Waals surface area contributed by atoms with Gasteiger partial charge in [0.05, 0.1) is 6.04 Å². The molecular formula is C26H25FN2O3. The Labute approximate surface area is 186 Å². The molecule has 0 spiro atoms. The molecule has 1 aliphatic rings. The first-order valence-corrected chi connectivity index (χ1v) is 10.5. The fourth-order valence-electron chi connectivity index (χ4n) is 3.82. The monoisotopic (exact) mass is 432 g/mol. The second-order valence-corrected chi connectivity index (χ2v) is 8.38. The lowest BCUT2D eigenvalue weighted by atomic mass is 9.96. The van der Waals surface area contributed by atoms with Crippen molar-refractivity contribution < 1.29 is 18.8 Å². The number of nitrogens with zero attached hydrogens (tertiary/aromatic N) is 1. The number of anilines is 1. The minimum Gasteiger partial charge on any atom is -0.371 e. The minimum absolute atomic E-state index is 0.000928. The van der Waals surface area contributed by atoms with Gasteiger partial charge in [0.25, 0.3) is 5.91 Å². The summed E-state index contributed by atoms with van der Waals surface area (Å²) in [5.74, 6) is -0.887. The van der Waals surface area contributed by atoms with Gasteiger partial charge in [-0.3, -0.25) is 14.4 Å². The van der Waals surface area contributed by atoms with Gasteiger partial charge in [0.1, 0.15) is 18.0 Å². The third kappa shape index (κ3) is 4.55. The quantitative estimate of drug-likeness (QED) is 0.537. The molecule has 1 unspecified atom stereocenters. The number of hydrogen-bond acceptors (Lipinski definition) is 4. The number of hydrogen-bond donors (Lipinski definition) is 1. The highest BCUT2D eigenvalue weighted by atomic mass is 19.1. The van der Waals surface area contributed by atoms with Gasteiger partial charge in [0.2, 0.25) is 0 Å². The second kappa shape index (κ2) is 8.93. The van der Waals surface area contributed by atoms with Gasteiger partial charge in [-0.15, -0.1) is 0 Å². The van der Waals surface area contributed by atoms with Crippen molar-refractivity contribution in [1.29, 1.82) is 0 Å².